The summed E-state index contributed by atoms with van der Waals surface area (Å²) in [7, 11) is 0. The van der Waals surface area contributed by atoms with Crippen molar-refractivity contribution in [3.63, 3.8) is 0 Å². The highest BCUT2D eigenvalue weighted by Crippen LogP contribution is 2.42. The standard InChI is InChI=1S/C19H32O6/c1-13-14(20)12-15(21)17(23-13)25-19(10-7-11-19)9-6-5-8-16(22)24-18(2,3)4/h5,8,13-15,17,20-21H,6-7,9-12H2,1-4H3/b8-5+/t13-,14?,15+,17?/m0/s1. The summed E-state index contributed by atoms with van der Waals surface area (Å²) in [4.78, 5) is 11.7. The molecule has 25 heavy (non-hydrogen) atoms. The molecule has 1 saturated carbocycles. The summed E-state index contributed by atoms with van der Waals surface area (Å²) < 4.78 is 17.0. The van der Waals surface area contributed by atoms with Crippen molar-refractivity contribution in [2.75, 3.05) is 0 Å². The predicted molar refractivity (Wildman–Crippen MR) is 92.9 cm³/mol. The zero-order chi connectivity index (χ0) is 18.7. The zero-order valence-corrected chi connectivity index (χ0v) is 15.7. The van der Waals surface area contributed by atoms with E-state index in [1.54, 1.807) is 6.92 Å². The quantitative estimate of drug-likeness (QED) is 0.562. The van der Waals surface area contributed by atoms with Crippen molar-refractivity contribution in [3.05, 3.63) is 12.2 Å². The van der Waals surface area contributed by atoms with Gasteiger partial charge in [0.25, 0.3) is 0 Å². The Hall–Kier alpha value is -0.950. The summed E-state index contributed by atoms with van der Waals surface area (Å²) in [5.74, 6) is -0.343. The van der Waals surface area contributed by atoms with Gasteiger partial charge in [-0.2, -0.15) is 0 Å². The zero-order valence-electron chi connectivity index (χ0n) is 15.7. The molecular weight excluding hydrogens is 324 g/mol. The number of allylic oxidation sites excluding steroid dienone is 1. The molecule has 0 spiro atoms. The minimum absolute atomic E-state index is 0.264. The fourth-order valence-corrected chi connectivity index (χ4v) is 3.16. The number of esters is 1. The number of hydrogen-bond donors (Lipinski definition) is 2. The molecule has 0 aromatic rings. The maximum Gasteiger partial charge on any atom is 0.330 e. The van der Waals surface area contributed by atoms with Gasteiger partial charge in [-0.1, -0.05) is 6.08 Å². The van der Waals surface area contributed by atoms with Gasteiger partial charge in [0, 0.05) is 12.5 Å². The van der Waals surface area contributed by atoms with Crippen molar-refractivity contribution in [1.82, 2.24) is 0 Å². The molecule has 0 amide bonds. The van der Waals surface area contributed by atoms with Crippen LogP contribution >= 0.6 is 0 Å². The lowest BCUT2D eigenvalue weighted by Crippen LogP contribution is -2.53. The third kappa shape index (κ3) is 6.06. The minimum atomic E-state index is -0.819. The van der Waals surface area contributed by atoms with E-state index in [0.29, 0.717) is 6.42 Å². The number of hydrogen-bond acceptors (Lipinski definition) is 6. The Labute approximate surface area is 150 Å². The van der Waals surface area contributed by atoms with E-state index in [1.165, 1.54) is 6.08 Å². The van der Waals surface area contributed by atoms with Crippen LogP contribution in [0.3, 0.4) is 0 Å². The summed E-state index contributed by atoms with van der Waals surface area (Å²) in [5.41, 5.74) is -0.804. The van der Waals surface area contributed by atoms with E-state index in [2.05, 4.69) is 0 Å². The normalized spacial score (nSPS) is 32.4. The lowest BCUT2D eigenvalue weighted by molar-refractivity contribution is -0.309. The summed E-state index contributed by atoms with van der Waals surface area (Å²) in [6.07, 6.45) is 5.36. The molecule has 144 valence electrons. The van der Waals surface area contributed by atoms with Crippen LogP contribution in [0.2, 0.25) is 0 Å². The molecule has 4 atom stereocenters. The Bertz CT molecular complexity index is 477. The van der Waals surface area contributed by atoms with E-state index in [1.807, 2.05) is 26.8 Å². The molecule has 1 saturated heterocycles. The second-order valence-corrected chi connectivity index (χ2v) is 8.21. The molecule has 6 heteroatoms. The molecule has 2 aliphatic rings. The maximum absolute atomic E-state index is 11.7. The molecule has 2 unspecified atom stereocenters. The summed E-state index contributed by atoms with van der Waals surface area (Å²) in [6.45, 7) is 7.29. The van der Waals surface area contributed by atoms with Crippen LogP contribution in [0.25, 0.3) is 0 Å². The van der Waals surface area contributed by atoms with Crippen LogP contribution in [-0.4, -0.2) is 52.0 Å². The average molecular weight is 356 g/mol. The van der Waals surface area contributed by atoms with Gasteiger partial charge < -0.3 is 24.4 Å². The van der Waals surface area contributed by atoms with Crippen LogP contribution < -0.4 is 0 Å². The van der Waals surface area contributed by atoms with E-state index in [4.69, 9.17) is 14.2 Å². The summed E-state index contributed by atoms with van der Waals surface area (Å²) >= 11 is 0. The van der Waals surface area contributed by atoms with Gasteiger partial charge in [0.05, 0.1) is 17.8 Å². The molecule has 2 N–H and O–H groups in total. The van der Waals surface area contributed by atoms with Crippen molar-refractivity contribution in [3.8, 4) is 0 Å². The van der Waals surface area contributed by atoms with Crippen molar-refractivity contribution in [1.29, 1.82) is 0 Å². The van der Waals surface area contributed by atoms with Crippen LogP contribution in [0.15, 0.2) is 12.2 Å². The first-order chi connectivity index (χ1) is 11.6. The van der Waals surface area contributed by atoms with E-state index in [9.17, 15) is 15.0 Å². The summed E-state index contributed by atoms with van der Waals surface area (Å²) in [6, 6.07) is 0. The maximum atomic E-state index is 11.7. The van der Waals surface area contributed by atoms with Gasteiger partial charge in [-0.05, 0) is 59.8 Å². The van der Waals surface area contributed by atoms with E-state index >= 15 is 0 Å². The van der Waals surface area contributed by atoms with Gasteiger partial charge in [-0.3, -0.25) is 0 Å². The number of ether oxygens (including phenoxy) is 3. The van der Waals surface area contributed by atoms with Crippen LogP contribution in [0.5, 0.6) is 0 Å². The molecule has 1 aliphatic heterocycles. The lowest BCUT2D eigenvalue weighted by Gasteiger charge is -2.47. The van der Waals surface area contributed by atoms with E-state index < -0.39 is 24.1 Å². The molecule has 0 aromatic carbocycles. The van der Waals surface area contributed by atoms with Crippen LogP contribution in [0, 0.1) is 0 Å². The average Bonchev–Trinajstić information content (AvgIpc) is 2.44. The van der Waals surface area contributed by atoms with Gasteiger partial charge in [0.1, 0.15) is 11.7 Å². The van der Waals surface area contributed by atoms with Crippen LogP contribution in [-0.2, 0) is 19.0 Å². The molecular formula is C19H32O6. The minimum Gasteiger partial charge on any atom is -0.457 e. The summed E-state index contributed by atoms with van der Waals surface area (Å²) in [5, 5.41) is 19.9. The Morgan fingerprint density at radius 1 is 1.28 bits per heavy atom. The predicted octanol–water partition coefficient (Wildman–Crippen LogP) is 2.46. The Balaban J connectivity index is 1.82. The van der Waals surface area contributed by atoms with E-state index in [-0.39, 0.29) is 24.1 Å². The second kappa shape index (κ2) is 8.16. The Morgan fingerprint density at radius 3 is 2.52 bits per heavy atom. The molecule has 6 nitrogen and oxygen atoms in total. The Morgan fingerprint density at radius 2 is 1.96 bits per heavy atom. The molecule has 2 fully saturated rings. The van der Waals surface area contributed by atoms with Gasteiger partial charge in [-0.15, -0.1) is 0 Å². The second-order valence-electron chi connectivity index (χ2n) is 8.21. The highest BCUT2D eigenvalue weighted by Gasteiger charge is 2.44. The molecule has 0 radical (unpaired) electrons. The first-order valence-electron chi connectivity index (χ1n) is 9.19. The molecule has 2 rings (SSSR count). The third-order valence-corrected chi connectivity index (χ3v) is 4.75. The number of carbonyl (C=O) groups is 1. The molecule has 0 aromatic heterocycles. The van der Waals surface area contributed by atoms with Crippen LogP contribution in [0.4, 0.5) is 0 Å². The molecule has 1 aliphatic carbocycles. The fourth-order valence-electron chi connectivity index (χ4n) is 3.16. The van der Waals surface area contributed by atoms with Gasteiger partial charge in [0.15, 0.2) is 6.29 Å². The van der Waals surface area contributed by atoms with Gasteiger partial charge in [0.2, 0.25) is 0 Å². The third-order valence-electron chi connectivity index (χ3n) is 4.75. The number of carbonyl (C=O) groups excluding carboxylic acids is 1. The van der Waals surface area contributed by atoms with Gasteiger partial charge >= 0.3 is 5.97 Å². The smallest absolute Gasteiger partial charge is 0.330 e. The van der Waals surface area contributed by atoms with E-state index in [0.717, 1.165) is 25.7 Å². The Kier molecular flexibility index (Phi) is 6.65. The first kappa shape index (κ1) is 20.4. The topological polar surface area (TPSA) is 85.2 Å². The lowest BCUT2D eigenvalue weighted by atomic mass is 9.76. The highest BCUT2D eigenvalue weighted by atomic mass is 16.7. The van der Waals surface area contributed by atoms with Crippen LogP contribution in [0.1, 0.15) is 66.2 Å². The highest BCUT2D eigenvalue weighted by molar-refractivity contribution is 5.82. The van der Waals surface area contributed by atoms with Gasteiger partial charge in [-0.25, -0.2) is 4.79 Å². The number of aliphatic hydroxyl groups excluding tert-OH is 2. The SMILES string of the molecule is C[C@@H]1OC(OC2(CC/C=C/C(=O)OC(C)(C)C)CCC2)[C@H](O)CC1O. The molecule has 0 bridgehead atoms. The first-order valence-corrected chi connectivity index (χ1v) is 9.19. The molecule has 1 heterocycles. The van der Waals surface area contributed by atoms with Crippen molar-refractivity contribution in [2.24, 2.45) is 0 Å². The largest absolute Gasteiger partial charge is 0.457 e. The van der Waals surface area contributed by atoms with Crippen molar-refractivity contribution < 1.29 is 29.2 Å². The number of aliphatic hydroxyl groups is 2. The fraction of sp³-hybridized carbons (Fsp3) is 0.842. The number of rotatable bonds is 6. The van der Waals surface area contributed by atoms with Crippen molar-refractivity contribution in [2.45, 2.75) is 102 Å². The van der Waals surface area contributed by atoms with Crippen molar-refractivity contribution >= 4 is 5.97 Å². The monoisotopic (exact) mass is 356 g/mol.